The fourth-order valence-electron chi connectivity index (χ4n) is 1.30. The highest BCUT2D eigenvalue weighted by molar-refractivity contribution is 5.92. The number of nitrogens with zero attached hydrogens (tertiary/aromatic N) is 1. The molecule has 0 fully saturated rings. The van der Waals surface area contributed by atoms with E-state index in [4.69, 9.17) is 11.0 Å². The van der Waals surface area contributed by atoms with Gasteiger partial charge in [0.05, 0.1) is 18.7 Å². The molecule has 0 unspecified atom stereocenters. The molecule has 2 N–H and O–H groups in total. The zero-order valence-corrected chi connectivity index (χ0v) is 8.49. The molecule has 0 aromatic heterocycles. The number of methoxy groups -OCH3 is 1. The quantitative estimate of drug-likeness (QED) is 0.598. The Hall–Kier alpha value is -2.02. The van der Waals surface area contributed by atoms with E-state index < -0.39 is 5.97 Å². The van der Waals surface area contributed by atoms with Crippen LogP contribution in [0, 0.1) is 11.3 Å². The number of nitrogens with two attached hydrogens (primary N) is 1. The molecule has 0 radical (unpaired) electrons. The lowest BCUT2D eigenvalue weighted by atomic mass is 10.0. The maximum Gasteiger partial charge on any atom is 0.338 e. The van der Waals surface area contributed by atoms with E-state index in [0.29, 0.717) is 24.1 Å². The minimum Gasteiger partial charge on any atom is -0.465 e. The predicted molar refractivity (Wildman–Crippen MR) is 56.1 cm³/mol. The van der Waals surface area contributed by atoms with Crippen molar-refractivity contribution >= 4 is 11.7 Å². The van der Waals surface area contributed by atoms with Crippen LogP contribution in [0.4, 0.5) is 5.69 Å². The molecule has 0 heterocycles. The molecule has 78 valence electrons. The van der Waals surface area contributed by atoms with E-state index in [1.807, 2.05) is 6.07 Å². The molecule has 4 heteroatoms. The monoisotopic (exact) mass is 204 g/mol. The van der Waals surface area contributed by atoms with Crippen LogP contribution in [0.1, 0.15) is 22.3 Å². The molecular weight excluding hydrogens is 192 g/mol. The Labute approximate surface area is 88.3 Å². The van der Waals surface area contributed by atoms with E-state index in [-0.39, 0.29) is 0 Å². The summed E-state index contributed by atoms with van der Waals surface area (Å²) in [7, 11) is 1.32. The van der Waals surface area contributed by atoms with E-state index in [1.165, 1.54) is 7.11 Å². The van der Waals surface area contributed by atoms with Crippen molar-refractivity contribution in [3.05, 3.63) is 29.3 Å². The number of hydrogen-bond acceptors (Lipinski definition) is 4. The fourth-order valence-corrected chi connectivity index (χ4v) is 1.30. The molecule has 0 amide bonds. The molecule has 1 aromatic carbocycles. The number of esters is 1. The normalized spacial score (nSPS) is 9.33. The molecule has 0 aliphatic rings. The fraction of sp³-hybridized carbons (Fsp3) is 0.273. The summed E-state index contributed by atoms with van der Waals surface area (Å²) >= 11 is 0. The first-order valence-electron chi connectivity index (χ1n) is 4.52. The van der Waals surface area contributed by atoms with Gasteiger partial charge in [-0.05, 0) is 24.1 Å². The SMILES string of the molecule is COC(=O)c1cc(N)ccc1CCC#N. The van der Waals surface area contributed by atoms with Gasteiger partial charge < -0.3 is 10.5 Å². The number of carbonyl (C=O) groups excluding carboxylic acids is 1. The van der Waals surface area contributed by atoms with Crippen molar-refractivity contribution in [3.63, 3.8) is 0 Å². The summed E-state index contributed by atoms with van der Waals surface area (Å²) in [5, 5.41) is 8.48. The number of ether oxygens (including phenoxy) is 1. The lowest BCUT2D eigenvalue weighted by Crippen LogP contribution is -2.06. The summed E-state index contributed by atoms with van der Waals surface area (Å²) in [5.41, 5.74) is 7.31. The van der Waals surface area contributed by atoms with E-state index in [2.05, 4.69) is 4.74 Å². The molecule has 15 heavy (non-hydrogen) atoms. The highest BCUT2D eigenvalue weighted by Gasteiger charge is 2.11. The standard InChI is InChI=1S/C11H12N2O2/c1-15-11(14)10-7-9(13)5-4-8(10)3-2-6-12/h4-5,7H,2-3,13H2,1H3. The van der Waals surface area contributed by atoms with Crippen molar-refractivity contribution in [3.8, 4) is 6.07 Å². The average molecular weight is 204 g/mol. The Bertz CT molecular complexity index is 408. The van der Waals surface area contributed by atoms with Gasteiger partial charge in [0.1, 0.15) is 0 Å². The van der Waals surface area contributed by atoms with Crippen LogP contribution in [0.25, 0.3) is 0 Å². The first kappa shape index (κ1) is 11.1. The Balaban J connectivity index is 3.04. The zero-order valence-electron chi connectivity index (χ0n) is 8.49. The maximum atomic E-state index is 11.4. The molecule has 1 rings (SSSR count). The molecule has 0 saturated heterocycles. The smallest absolute Gasteiger partial charge is 0.338 e. The third-order valence-corrected chi connectivity index (χ3v) is 2.05. The number of benzene rings is 1. The summed E-state index contributed by atoms with van der Waals surface area (Å²) in [4.78, 5) is 11.4. The number of rotatable bonds is 3. The Morgan fingerprint density at radius 1 is 1.60 bits per heavy atom. The minimum atomic E-state index is -0.421. The third kappa shape index (κ3) is 2.71. The number of nitrogen functional groups attached to an aromatic ring is 1. The third-order valence-electron chi connectivity index (χ3n) is 2.05. The van der Waals surface area contributed by atoms with Crippen LogP contribution in [-0.2, 0) is 11.2 Å². The van der Waals surface area contributed by atoms with Crippen LogP contribution in [0.5, 0.6) is 0 Å². The van der Waals surface area contributed by atoms with Gasteiger partial charge in [-0.2, -0.15) is 5.26 Å². The van der Waals surface area contributed by atoms with Crippen LogP contribution in [0.15, 0.2) is 18.2 Å². The van der Waals surface area contributed by atoms with Crippen LogP contribution in [0.3, 0.4) is 0 Å². The van der Waals surface area contributed by atoms with E-state index >= 15 is 0 Å². The first-order chi connectivity index (χ1) is 7.19. The van der Waals surface area contributed by atoms with Crippen molar-refractivity contribution in [1.29, 1.82) is 5.26 Å². The number of aryl methyl sites for hydroxylation is 1. The molecular formula is C11H12N2O2. The van der Waals surface area contributed by atoms with Gasteiger partial charge in [-0.3, -0.25) is 0 Å². The largest absolute Gasteiger partial charge is 0.465 e. The molecule has 0 bridgehead atoms. The van der Waals surface area contributed by atoms with Gasteiger partial charge in [-0.1, -0.05) is 6.07 Å². The van der Waals surface area contributed by atoms with Crippen molar-refractivity contribution in [1.82, 2.24) is 0 Å². The number of carbonyl (C=O) groups is 1. The predicted octanol–water partition coefficient (Wildman–Crippen LogP) is 1.51. The Kier molecular flexibility index (Phi) is 3.69. The van der Waals surface area contributed by atoms with Gasteiger partial charge in [-0.25, -0.2) is 4.79 Å². The van der Waals surface area contributed by atoms with Crippen LogP contribution in [-0.4, -0.2) is 13.1 Å². The second-order valence-electron chi connectivity index (χ2n) is 3.07. The Morgan fingerprint density at radius 3 is 2.93 bits per heavy atom. The summed E-state index contributed by atoms with van der Waals surface area (Å²) in [5.74, 6) is -0.421. The van der Waals surface area contributed by atoms with Gasteiger partial charge in [0.15, 0.2) is 0 Å². The molecule has 0 atom stereocenters. The zero-order chi connectivity index (χ0) is 11.3. The van der Waals surface area contributed by atoms with Crippen molar-refractivity contribution < 1.29 is 9.53 Å². The number of nitriles is 1. The lowest BCUT2D eigenvalue weighted by Gasteiger charge is -2.06. The van der Waals surface area contributed by atoms with Gasteiger partial charge in [-0.15, -0.1) is 0 Å². The summed E-state index contributed by atoms with van der Waals surface area (Å²) in [6, 6.07) is 7.06. The molecule has 1 aromatic rings. The second kappa shape index (κ2) is 5.01. The number of anilines is 1. The average Bonchev–Trinajstić information content (AvgIpc) is 2.26. The van der Waals surface area contributed by atoms with E-state index in [1.54, 1.807) is 18.2 Å². The van der Waals surface area contributed by atoms with Crippen LogP contribution >= 0.6 is 0 Å². The van der Waals surface area contributed by atoms with Crippen LogP contribution in [0.2, 0.25) is 0 Å². The lowest BCUT2D eigenvalue weighted by molar-refractivity contribution is 0.0599. The maximum absolute atomic E-state index is 11.4. The van der Waals surface area contributed by atoms with Crippen molar-refractivity contribution in [2.24, 2.45) is 0 Å². The highest BCUT2D eigenvalue weighted by atomic mass is 16.5. The van der Waals surface area contributed by atoms with Gasteiger partial charge in [0, 0.05) is 12.1 Å². The molecule has 0 saturated carbocycles. The van der Waals surface area contributed by atoms with E-state index in [0.717, 1.165) is 5.56 Å². The van der Waals surface area contributed by atoms with Gasteiger partial charge in [0.25, 0.3) is 0 Å². The second-order valence-corrected chi connectivity index (χ2v) is 3.07. The summed E-state index contributed by atoms with van der Waals surface area (Å²) in [6.07, 6.45) is 0.898. The van der Waals surface area contributed by atoms with Crippen LogP contribution < -0.4 is 5.73 Å². The van der Waals surface area contributed by atoms with E-state index in [9.17, 15) is 4.79 Å². The first-order valence-corrected chi connectivity index (χ1v) is 4.52. The molecule has 0 aliphatic heterocycles. The van der Waals surface area contributed by atoms with Crippen molar-refractivity contribution in [2.45, 2.75) is 12.8 Å². The Morgan fingerprint density at radius 2 is 2.33 bits per heavy atom. The van der Waals surface area contributed by atoms with Gasteiger partial charge >= 0.3 is 5.97 Å². The van der Waals surface area contributed by atoms with Crippen molar-refractivity contribution in [2.75, 3.05) is 12.8 Å². The summed E-state index contributed by atoms with van der Waals surface area (Å²) < 4.78 is 4.63. The molecule has 0 aliphatic carbocycles. The minimum absolute atomic E-state index is 0.369. The topological polar surface area (TPSA) is 76.1 Å². The molecule has 0 spiro atoms. The number of hydrogen-bond donors (Lipinski definition) is 1. The van der Waals surface area contributed by atoms with Gasteiger partial charge in [0.2, 0.25) is 0 Å². The highest BCUT2D eigenvalue weighted by Crippen LogP contribution is 2.16. The molecule has 4 nitrogen and oxygen atoms in total. The summed E-state index contributed by atoms with van der Waals surface area (Å²) in [6.45, 7) is 0.